The van der Waals surface area contributed by atoms with Crippen molar-refractivity contribution in [3.63, 3.8) is 0 Å². The number of cyclic esters (lactones) is 1. The number of halogens is 1. The Hall–Kier alpha value is -4.58. The fourth-order valence-electron chi connectivity index (χ4n) is 8.33. The normalized spacial score (nSPS) is 29.0. The maximum absolute atomic E-state index is 15.4. The summed E-state index contributed by atoms with van der Waals surface area (Å²) in [5, 5.41) is 13.9. The molecule has 1 spiro atoms. The molecular formula is C41H42BrN3O7. The molecule has 11 heteroatoms. The summed E-state index contributed by atoms with van der Waals surface area (Å²) >= 11 is 3.63. The number of benzene rings is 3. The van der Waals surface area contributed by atoms with Crippen molar-refractivity contribution >= 4 is 45.3 Å². The fourth-order valence-corrected chi connectivity index (χ4v) is 9.06. The Morgan fingerprint density at radius 2 is 1.62 bits per heavy atom. The highest BCUT2D eigenvalue weighted by molar-refractivity contribution is 9.11. The van der Waals surface area contributed by atoms with Crippen molar-refractivity contribution in [2.75, 3.05) is 24.6 Å². The molecule has 270 valence electrons. The number of nitrogens with one attached hydrogen (secondary N) is 1. The maximum atomic E-state index is 15.4. The summed E-state index contributed by atoms with van der Waals surface area (Å²) in [6.45, 7) is 3.63. The Labute approximate surface area is 311 Å². The summed E-state index contributed by atoms with van der Waals surface area (Å²) in [6, 6.07) is 22.4. The number of para-hydroxylation sites is 1. The Morgan fingerprint density at radius 1 is 0.923 bits per heavy atom. The molecular weight excluding hydrogens is 726 g/mol. The van der Waals surface area contributed by atoms with E-state index in [1.54, 1.807) is 11.0 Å². The highest BCUT2D eigenvalue weighted by Crippen LogP contribution is 2.59. The van der Waals surface area contributed by atoms with Crippen molar-refractivity contribution in [2.24, 2.45) is 11.8 Å². The van der Waals surface area contributed by atoms with Gasteiger partial charge in [-0.2, -0.15) is 0 Å². The molecule has 0 unspecified atom stereocenters. The minimum absolute atomic E-state index is 0.0363. The maximum Gasteiger partial charge on any atom is 0.313 e. The van der Waals surface area contributed by atoms with Crippen molar-refractivity contribution in [2.45, 2.75) is 63.0 Å². The lowest BCUT2D eigenvalue weighted by molar-refractivity contribution is -0.160. The van der Waals surface area contributed by atoms with Gasteiger partial charge in [0.05, 0.1) is 25.1 Å². The Bertz CT molecular complexity index is 1900. The lowest BCUT2D eigenvalue weighted by Crippen LogP contribution is -2.59. The number of esters is 1. The minimum Gasteiger partial charge on any atom is -0.455 e. The van der Waals surface area contributed by atoms with Crippen molar-refractivity contribution in [1.82, 2.24) is 10.2 Å². The second-order valence-corrected chi connectivity index (χ2v) is 14.9. The molecule has 5 bridgehead atoms. The second kappa shape index (κ2) is 14.8. The molecule has 2 N–H and O–H groups in total. The number of anilines is 1. The van der Waals surface area contributed by atoms with Gasteiger partial charge in [0.25, 0.3) is 5.91 Å². The van der Waals surface area contributed by atoms with Gasteiger partial charge in [0.15, 0.2) is 0 Å². The molecule has 7 rings (SSSR count). The number of nitrogens with zero attached hydrogens (tertiary/aromatic N) is 2. The predicted octanol–water partition coefficient (Wildman–Crippen LogP) is 4.86. The van der Waals surface area contributed by atoms with Crippen LogP contribution in [0.5, 0.6) is 0 Å². The van der Waals surface area contributed by atoms with Gasteiger partial charge in [0.2, 0.25) is 11.8 Å². The quantitative estimate of drug-likeness (QED) is 0.271. The zero-order valence-electron chi connectivity index (χ0n) is 29.1. The van der Waals surface area contributed by atoms with Crippen LogP contribution in [-0.2, 0) is 35.1 Å². The summed E-state index contributed by atoms with van der Waals surface area (Å²) in [7, 11) is 0. The summed E-state index contributed by atoms with van der Waals surface area (Å²) in [4.78, 5) is 61.0. The minimum atomic E-state index is -1.53. The lowest BCUT2D eigenvalue weighted by Gasteiger charge is -2.39. The standard InChI is InChI=1S/C41H42BrN3O7/c1-25-13-12-14-26(2)35(25)44-20-11-5-10-19-32(47)43-23-31(28-17-8-4-9-18-28)51-40(50)33-34-38(48)45(29(24-46)21-27-15-6-3-7-16-27)37(39(44)49)41(34)22-30(42)36(33)52-41/h3-9,11-18,22,29,31,33-34,36-37,46H,10,19-21,23-24H2,1-2H3,(H,43,47)/b11-5-/t29-,31-,33-,34+,36-,37-,41+/m1/s1. The summed E-state index contributed by atoms with van der Waals surface area (Å²) in [6.07, 6.45) is 4.68. The van der Waals surface area contributed by atoms with Gasteiger partial charge >= 0.3 is 5.97 Å². The van der Waals surface area contributed by atoms with Gasteiger partial charge in [-0.25, -0.2) is 0 Å². The second-order valence-electron chi connectivity index (χ2n) is 13.9. The number of amides is 3. The molecule has 52 heavy (non-hydrogen) atoms. The summed E-state index contributed by atoms with van der Waals surface area (Å²) < 4.78 is 13.5. The van der Waals surface area contributed by atoms with Crippen molar-refractivity contribution in [1.29, 1.82) is 0 Å². The van der Waals surface area contributed by atoms with E-state index in [1.807, 2.05) is 105 Å². The molecule has 4 aliphatic rings. The SMILES string of the molecule is Cc1cccc(C)c1N1C/C=C\CCC(=O)NC[C@H](c2ccccc2)OC(=O)[C@H]2[C@@H]3O[C@@]4(C=C3Br)[C@@H]2C(=O)N([C@@H](CO)Cc2ccccc2)[C@@H]4C1=O. The van der Waals surface area contributed by atoms with Crippen LogP contribution >= 0.6 is 15.9 Å². The van der Waals surface area contributed by atoms with Crippen LogP contribution in [0, 0.1) is 25.7 Å². The Morgan fingerprint density at radius 3 is 2.31 bits per heavy atom. The van der Waals surface area contributed by atoms with Crippen LogP contribution in [0.25, 0.3) is 0 Å². The van der Waals surface area contributed by atoms with E-state index in [9.17, 15) is 14.7 Å². The molecule has 2 saturated heterocycles. The average Bonchev–Trinajstić information content (AvgIpc) is 3.74. The first-order valence-electron chi connectivity index (χ1n) is 17.7. The molecule has 0 aliphatic carbocycles. The number of hydrogen-bond acceptors (Lipinski definition) is 7. The van der Waals surface area contributed by atoms with E-state index >= 15 is 9.59 Å². The molecule has 3 aromatic rings. The van der Waals surface area contributed by atoms with E-state index in [1.165, 1.54) is 4.90 Å². The lowest BCUT2D eigenvalue weighted by atomic mass is 9.74. The van der Waals surface area contributed by atoms with E-state index in [-0.39, 0.29) is 31.8 Å². The number of fused-ring (bicyclic) bond motifs is 2. The van der Waals surface area contributed by atoms with E-state index < -0.39 is 66.1 Å². The van der Waals surface area contributed by atoms with Crippen LogP contribution in [0.15, 0.2) is 102 Å². The highest BCUT2D eigenvalue weighted by Gasteiger charge is 2.75. The van der Waals surface area contributed by atoms with Gasteiger partial charge in [-0.15, -0.1) is 0 Å². The molecule has 0 saturated carbocycles. The van der Waals surface area contributed by atoms with Gasteiger partial charge in [-0.05, 0) is 55.0 Å². The fraction of sp³-hybridized carbons (Fsp3) is 0.366. The van der Waals surface area contributed by atoms with Crippen LogP contribution in [0.4, 0.5) is 5.69 Å². The largest absolute Gasteiger partial charge is 0.455 e. The topological polar surface area (TPSA) is 125 Å². The number of rotatable bonds is 6. The van der Waals surface area contributed by atoms with Gasteiger partial charge in [0, 0.05) is 23.1 Å². The highest BCUT2D eigenvalue weighted by atomic mass is 79.9. The van der Waals surface area contributed by atoms with E-state index in [0.29, 0.717) is 22.2 Å². The monoisotopic (exact) mass is 767 g/mol. The number of aliphatic hydroxyl groups is 1. The number of ether oxygens (including phenoxy) is 2. The van der Waals surface area contributed by atoms with Gasteiger partial charge < -0.3 is 29.7 Å². The molecule has 3 aromatic carbocycles. The molecule has 4 heterocycles. The van der Waals surface area contributed by atoms with Crippen molar-refractivity contribution in [3.05, 3.63) is 124 Å². The van der Waals surface area contributed by atoms with Crippen LogP contribution in [-0.4, -0.2) is 77.2 Å². The first-order valence-corrected chi connectivity index (χ1v) is 18.5. The number of aliphatic hydroxyl groups excluding tert-OH is 1. The van der Waals surface area contributed by atoms with E-state index in [2.05, 4.69) is 21.2 Å². The molecule has 0 radical (unpaired) electrons. The summed E-state index contributed by atoms with van der Waals surface area (Å²) in [5.74, 6) is -3.96. The van der Waals surface area contributed by atoms with Crippen LogP contribution < -0.4 is 10.2 Å². The molecule has 4 aliphatic heterocycles. The average molecular weight is 769 g/mol. The van der Waals surface area contributed by atoms with Crippen molar-refractivity contribution in [3.8, 4) is 0 Å². The van der Waals surface area contributed by atoms with Crippen LogP contribution in [0.2, 0.25) is 0 Å². The Balaban J connectivity index is 1.38. The van der Waals surface area contributed by atoms with Gasteiger partial charge in [-0.1, -0.05) is 107 Å². The number of carbonyl (C=O) groups excluding carboxylic acids is 4. The van der Waals surface area contributed by atoms with Crippen molar-refractivity contribution < 1.29 is 33.8 Å². The molecule has 3 amide bonds. The third kappa shape index (κ3) is 6.39. The Kier molecular flexibility index (Phi) is 10.2. The van der Waals surface area contributed by atoms with E-state index in [4.69, 9.17) is 9.47 Å². The number of hydrogen-bond donors (Lipinski definition) is 2. The zero-order chi connectivity index (χ0) is 36.6. The molecule has 7 atom stereocenters. The first-order chi connectivity index (χ1) is 25.1. The van der Waals surface area contributed by atoms with Gasteiger partial charge in [0.1, 0.15) is 29.8 Å². The third-order valence-corrected chi connectivity index (χ3v) is 11.4. The molecule has 10 nitrogen and oxygen atoms in total. The zero-order valence-corrected chi connectivity index (χ0v) is 30.7. The number of carbonyl (C=O) groups is 4. The first kappa shape index (κ1) is 35.8. The number of aryl methyl sites for hydroxylation is 2. The number of allylic oxidation sites excluding steroid dienone is 1. The predicted molar refractivity (Wildman–Crippen MR) is 198 cm³/mol. The summed E-state index contributed by atoms with van der Waals surface area (Å²) in [5.41, 5.74) is 2.45. The van der Waals surface area contributed by atoms with E-state index in [0.717, 1.165) is 16.7 Å². The number of likely N-dealkylation sites (tertiary alicyclic amines) is 1. The molecule has 2 fully saturated rings. The third-order valence-electron chi connectivity index (χ3n) is 10.7. The van der Waals surface area contributed by atoms with Gasteiger partial charge in [-0.3, -0.25) is 19.2 Å². The molecule has 0 aromatic heterocycles. The van der Waals surface area contributed by atoms with Crippen LogP contribution in [0.3, 0.4) is 0 Å². The van der Waals surface area contributed by atoms with Crippen LogP contribution in [0.1, 0.15) is 41.2 Å². The smallest absolute Gasteiger partial charge is 0.313 e.